The first-order chi connectivity index (χ1) is 10.0. The van der Waals surface area contributed by atoms with Gasteiger partial charge in [-0.2, -0.15) is 5.26 Å². The van der Waals surface area contributed by atoms with Gasteiger partial charge in [0.15, 0.2) is 0 Å². The molecule has 2 aromatic carbocycles. The quantitative estimate of drug-likeness (QED) is 0.694. The molecule has 0 saturated heterocycles. The number of hydrogen-bond donors (Lipinski definition) is 1. The van der Waals surface area contributed by atoms with Crippen molar-refractivity contribution in [2.24, 2.45) is 0 Å². The van der Waals surface area contributed by atoms with Crippen molar-refractivity contribution in [1.29, 1.82) is 5.26 Å². The highest BCUT2D eigenvalue weighted by atomic mass is 16.1. The molecule has 2 aromatic rings. The number of carbonyl (C=O) groups excluding carboxylic acids is 1. The number of nitrogens with zero attached hydrogens (tertiary/aromatic N) is 2. The molecule has 21 heavy (non-hydrogen) atoms. The fraction of sp³-hybridized carbons (Fsp3) is 0.176. The van der Waals surface area contributed by atoms with Crippen molar-refractivity contribution in [2.75, 3.05) is 26.0 Å². The number of carbonyl (C=O) groups is 1. The maximum absolute atomic E-state index is 11.5. The Bertz CT molecular complexity index is 754. The van der Waals surface area contributed by atoms with Gasteiger partial charge in [-0.1, -0.05) is 18.2 Å². The van der Waals surface area contributed by atoms with E-state index >= 15 is 0 Å². The lowest BCUT2D eigenvalue weighted by Gasteiger charge is -2.13. The maximum atomic E-state index is 11.5. The summed E-state index contributed by atoms with van der Waals surface area (Å²) in [6.07, 6.45) is 1.60. The highest BCUT2D eigenvalue weighted by Gasteiger charge is 2.06. The van der Waals surface area contributed by atoms with Crippen molar-refractivity contribution in [3.63, 3.8) is 0 Å². The number of hydrogen-bond acceptors (Lipinski definition) is 3. The van der Waals surface area contributed by atoms with Crippen molar-refractivity contribution < 1.29 is 4.79 Å². The molecule has 0 spiro atoms. The molecule has 0 atom stereocenters. The molecule has 0 aliphatic carbocycles. The molecular weight excluding hydrogens is 262 g/mol. The monoisotopic (exact) mass is 279 g/mol. The number of rotatable bonds is 3. The van der Waals surface area contributed by atoms with Gasteiger partial charge in [0.25, 0.3) is 5.91 Å². The number of amides is 1. The van der Waals surface area contributed by atoms with Gasteiger partial charge < -0.3 is 10.2 Å². The summed E-state index contributed by atoms with van der Waals surface area (Å²) in [5.41, 5.74) is 2.07. The van der Waals surface area contributed by atoms with Crippen LogP contribution in [0.15, 0.2) is 42.0 Å². The molecular formula is C17H17N3O. The van der Waals surface area contributed by atoms with Crippen molar-refractivity contribution in [1.82, 2.24) is 5.32 Å². The Morgan fingerprint density at radius 1 is 1.19 bits per heavy atom. The predicted molar refractivity (Wildman–Crippen MR) is 85.9 cm³/mol. The summed E-state index contributed by atoms with van der Waals surface area (Å²) in [5, 5.41) is 13.7. The summed E-state index contributed by atoms with van der Waals surface area (Å²) in [7, 11) is 5.51. The molecule has 1 amide bonds. The van der Waals surface area contributed by atoms with Gasteiger partial charge in [0.05, 0.1) is 0 Å². The molecule has 0 aromatic heterocycles. The Morgan fingerprint density at radius 3 is 2.48 bits per heavy atom. The van der Waals surface area contributed by atoms with Gasteiger partial charge in [0.2, 0.25) is 0 Å². The Kier molecular flexibility index (Phi) is 4.24. The van der Waals surface area contributed by atoms with E-state index in [0.29, 0.717) is 0 Å². The maximum Gasteiger partial charge on any atom is 0.261 e. The summed E-state index contributed by atoms with van der Waals surface area (Å²) in [5.74, 6) is -0.374. The average Bonchev–Trinajstić information content (AvgIpc) is 2.51. The zero-order valence-electron chi connectivity index (χ0n) is 12.3. The van der Waals surface area contributed by atoms with E-state index in [2.05, 4.69) is 11.4 Å². The highest BCUT2D eigenvalue weighted by Crippen LogP contribution is 2.23. The lowest BCUT2D eigenvalue weighted by molar-refractivity contribution is -0.116. The summed E-state index contributed by atoms with van der Waals surface area (Å²) in [4.78, 5) is 13.6. The molecule has 0 radical (unpaired) electrons. The third kappa shape index (κ3) is 3.21. The van der Waals surface area contributed by atoms with E-state index in [9.17, 15) is 4.79 Å². The van der Waals surface area contributed by atoms with Gasteiger partial charge in [-0.05, 0) is 40.6 Å². The van der Waals surface area contributed by atoms with Crippen LogP contribution in [0.4, 0.5) is 5.69 Å². The second-order valence-corrected chi connectivity index (χ2v) is 4.93. The van der Waals surface area contributed by atoms with Crippen LogP contribution in [0, 0.1) is 11.3 Å². The molecule has 2 rings (SSSR count). The van der Waals surface area contributed by atoms with Gasteiger partial charge in [0.1, 0.15) is 11.6 Å². The molecule has 0 saturated carbocycles. The SMILES string of the molecule is CNC(=O)/C(C#N)=C/c1ccc2cc(N(C)C)ccc2c1. The molecule has 4 heteroatoms. The second-order valence-electron chi connectivity index (χ2n) is 4.93. The largest absolute Gasteiger partial charge is 0.378 e. The Morgan fingerprint density at radius 2 is 1.86 bits per heavy atom. The number of likely N-dealkylation sites (N-methyl/N-ethyl adjacent to an activating group) is 1. The standard InChI is InChI=1S/C17H17N3O/c1-19-17(21)15(11-18)9-12-4-5-14-10-16(20(2)3)7-6-13(14)8-12/h4-10H,1-3H3,(H,19,21)/b15-9+. The number of nitriles is 1. The van der Waals surface area contributed by atoms with Crippen molar-refractivity contribution in [3.05, 3.63) is 47.5 Å². The molecule has 0 bridgehead atoms. The summed E-state index contributed by atoms with van der Waals surface area (Å²) < 4.78 is 0. The summed E-state index contributed by atoms with van der Waals surface area (Å²) in [6, 6.07) is 14.0. The average molecular weight is 279 g/mol. The Labute approximate surface area is 124 Å². The highest BCUT2D eigenvalue weighted by molar-refractivity contribution is 6.02. The third-order valence-corrected chi connectivity index (χ3v) is 3.27. The smallest absolute Gasteiger partial charge is 0.261 e. The topological polar surface area (TPSA) is 56.1 Å². The Hall–Kier alpha value is -2.80. The normalized spacial score (nSPS) is 11.0. The molecule has 0 heterocycles. The van der Waals surface area contributed by atoms with Crippen LogP contribution in [0.5, 0.6) is 0 Å². The van der Waals surface area contributed by atoms with Gasteiger partial charge in [-0.25, -0.2) is 0 Å². The van der Waals surface area contributed by atoms with E-state index in [0.717, 1.165) is 22.0 Å². The van der Waals surface area contributed by atoms with Crippen LogP contribution in [0.2, 0.25) is 0 Å². The molecule has 1 N–H and O–H groups in total. The van der Waals surface area contributed by atoms with Crippen molar-refractivity contribution in [3.8, 4) is 6.07 Å². The van der Waals surface area contributed by atoms with Crippen LogP contribution >= 0.6 is 0 Å². The third-order valence-electron chi connectivity index (χ3n) is 3.27. The minimum absolute atomic E-state index is 0.0989. The molecule has 0 fully saturated rings. The first-order valence-electron chi connectivity index (χ1n) is 6.60. The minimum atomic E-state index is -0.374. The first kappa shape index (κ1) is 14.6. The number of benzene rings is 2. The lowest BCUT2D eigenvalue weighted by atomic mass is 10.0. The molecule has 0 aliphatic heterocycles. The van der Waals surface area contributed by atoms with E-state index in [1.165, 1.54) is 7.05 Å². The van der Waals surface area contributed by atoms with Gasteiger partial charge in [-0.15, -0.1) is 0 Å². The first-order valence-corrected chi connectivity index (χ1v) is 6.60. The fourth-order valence-electron chi connectivity index (χ4n) is 2.07. The van der Waals surface area contributed by atoms with Crippen LogP contribution in [-0.2, 0) is 4.79 Å². The lowest BCUT2D eigenvalue weighted by Crippen LogP contribution is -2.19. The van der Waals surface area contributed by atoms with E-state index in [-0.39, 0.29) is 11.5 Å². The molecule has 4 nitrogen and oxygen atoms in total. The zero-order valence-corrected chi connectivity index (χ0v) is 12.3. The van der Waals surface area contributed by atoms with E-state index in [1.807, 2.05) is 55.4 Å². The van der Waals surface area contributed by atoms with Crippen LogP contribution in [0.3, 0.4) is 0 Å². The van der Waals surface area contributed by atoms with Crippen LogP contribution in [0.25, 0.3) is 16.8 Å². The summed E-state index contributed by atoms with van der Waals surface area (Å²) in [6.45, 7) is 0. The molecule has 106 valence electrons. The van der Waals surface area contributed by atoms with Gasteiger partial charge in [0, 0.05) is 26.8 Å². The predicted octanol–water partition coefficient (Wildman–Crippen LogP) is 2.56. The van der Waals surface area contributed by atoms with E-state index < -0.39 is 0 Å². The van der Waals surface area contributed by atoms with Crippen LogP contribution < -0.4 is 10.2 Å². The number of anilines is 1. The number of fused-ring (bicyclic) bond motifs is 1. The molecule has 0 unspecified atom stereocenters. The number of nitrogens with one attached hydrogen (secondary N) is 1. The minimum Gasteiger partial charge on any atom is -0.378 e. The van der Waals surface area contributed by atoms with Crippen molar-refractivity contribution >= 4 is 28.4 Å². The summed E-state index contributed by atoms with van der Waals surface area (Å²) >= 11 is 0. The van der Waals surface area contributed by atoms with Crippen LogP contribution in [-0.4, -0.2) is 27.1 Å². The fourth-order valence-corrected chi connectivity index (χ4v) is 2.07. The Balaban J connectivity index is 2.44. The van der Waals surface area contributed by atoms with Gasteiger partial charge in [-0.3, -0.25) is 4.79 Å². The van der Waals surface area contributed by atoms with Gasteiger partial charge >= 0.3 is 0 Å². The van der Waals surface area contributed by atoms with Crippen molar-refractivity contribution in [2.45, 2.75) is 0 Å². The van der Waals surface area contributed by atoms with E-state index in [1.54, 1.807) is 6.08 Å². The van der Waals surface area contributed by atoms with Crippen LogP contribution in [0.1, 0.15) is 5.56 Å². The molecule has 0 aliphatic rings. The zero-order chi connectivity index (χ0) is 15.4. The van der Waals surface area contributed by atoms with E-state index in [4.69, 9.17) is 5.26 Å². The second kappa shape index (κ2) is 6.10.